The zero-order valence-corrected chi connectivity index (χ0v) is 10.5. The summed E-state index contributed by atoms with van der Waals surface area (Å²) in [5, 5.41) is 0. The Labute approximate surface area is 100 Å². The van der Waals surface area contributed by atoms with Crippen LogP contribution in [-0.4, -0.2) is 22.1 Å². The summed E-state index contributed by atoms with van der Waals surface area (Å²) < 4.78 is 6.54. The van der Waals surface area contributed by atoms with Gasteiger partial charge in [0.2, 0.25) is 0 Å². The molecule has 0 aliphatic carbocycles. The number of ether oxygens (including phenoxy) is 1. The largest absolute Gasteiger partial charge is 0.463 e. The van der Waals surface area contributed by atoms with E-state index in [0.717, 1.165) is 6.42 Å². The number of hydrogen-bond donors (Lipinski definition) is 0. The molecular formula is C12H18N2O3. The van der Waals surface area contributed by atoms with Crippen molar-refractivity contribution in [2.75, 3.05) is 6.61 Å². The summed E-state index contributed by atoms with van der Waals surface area (Å²) in [5.74, 6) is -0.239. The van der Waals surface area contributed by atoms with Crippen molar-refractivity contribution in [3.63, 3.8) is 0 Å². The molecule has 0 N–H and O–H groups in total. The molecule has 0 radical (unpaired) electrons. The van der Waals surface area contributed by atoms with Crippen molar-refractivity contribution in [1.29, 1.82) is 0 Å². The number of hydrogen-bond acceptors (Lipinski definition) is 4. The smallest absolute Gasteiger partial charge is 0.347 e. The summed E-state index contributed by atoms with van der Waals surface area (Å²) in [7, 11) is 0. The topological polar surface area (TPSA) is 61.2 Å². The van der Waals surface area contributed by atoms with Gasteiger partial charge in [-0.25, -0.2) is 9.78 Å². The summed E-state index contributed by atoms with van der Waals surface area (Å²) in [6.07, 6.45) is 3.78. The molecule has 5 heteroatoms. The Balaban J connectivity index is 2.47. The van der Waals surface area contributed by atoms with E-state index in [4.69, 9.17) is 4.74 Å². The summed E-state index contributed by atoms with van der Waals surface area (Å²) >= 11 is 0. The molecule has 0 aliphatic heterocycles. The third kappa shape index (κ3) is 3.69. The highest BCUT2D eigenvalue weighted by Crippen LogP contribution is 2.21. The lowest BCUT2D eigenvalue weighted by molar-refractivity contribution is -0.154. The van der Waals surface area contributed by atoms with Crippen LogP contribution < -0.4 is 5.69 Å². The second kappa shape index (κ2) is 5.61. The van der Waals surface area contributed by atoms with Gasteiger partial charge in [-0.05, 0) is 26.3 Å². The van der Waals surface area contributed by atoms with Gasteiger partial charge in [0.15, 0.2) is 0 Å². The van der Waals surface area contributed by atoms with E-state index in [1.807, 2.05) is 20.8 Å². The molecule has 0 aliphatic rings. The second-order valence-electron chi connectivity index (χ2n) is 4.47. The van der Waals surface area contributed by atoms with Crippen LogP contribution in [0.15, 0.2) is 23.3 Å². The van der Waals surface area contributed by atoms with Crippen LogP contribution in [0.1, 0.15) is 27.2 Å². The van der Waals surface area contributed by atoms with E-state index < -0.39 is 5.41 Å². The van der Waals surface area contributed by atoms with E-state index >= 15 is 0 Å². The highest BCUT2D eigenvalue weighted by Gasteiger charge is 2.26. The maximum atomic E-state index is 11.6. The number of esters is 1. The number of carbonyl (C=O) groups is 1. The molecule has 0 bridgehead atoms. The number of rotatable bonds is 5. The fraction of sp³-hybridized carbons (Fsp3) is 0.583. The van der Waals surface area contributed by atoms with Crippen molar-refractivity contribution in [2.45, 2.75) is 33.7 Å². The molecule has 0 atom stereocenters. The molecular weight excluding hydrogens is 220 g/mol. The third-order valence-corrected chi connectivity index (χ3v) is 2.78. The van der Waals surface area contributed by atoms with Crippen LogP contribution in [0.4, 0.5) is 0 Å². The van der Waals surface area contributed by atoms with Gasteiger partial charge in [-0.3, -0.25) is 9.36 Å². The molecule has 0 saturated carbocycles. The lowest BCUT2D eigenvalue weighted by Crippen LogP contribution is -2.29. The molecule has 1 aromatic heterocycles. The van der Waals surface area contributed by atoms with Gasteiger partial charge in [-0.15, -0.1) is 0 Å². The standard InChI is InChI=1S/C12H18N2O3/c1-4-12(2,3)10(15)17-9-8-14-7-5-6-13-11(14)16/h5-7H,4,8-9H2,1-3H3. The highest BCUT2D eigenvalue weighted by molar-refractivity contribution is 5.75. The molecule has 0 spiro atoms. The molecule has 0 aromatic carbocycles. The molecule has 0 amide bonds. The minimum atomic E-state index is -0.472. The molecule has 1 aromatic rings. The first-order valence-electron chi connectivity index (χ1n) is 5.66. The maximum absolute atomic E-state index is 11.6. The number of nitrogens with zero attached hydrogens (tertiary/aromatic N) is 2. The predicted molar refractivity (Wildman–Crippen MR) is 63.5 cm³/mol. The van der Waals surface area contributed by atoms with Crippen LogP contribution in [0, 0.1) is 5.41 Å². The van der Waals surface area contributed by atoms with Crippen LogP contribution in [0.5, 0.6) is 0 Å². The first-order valence-corrected chi connectivity index (χ1v) is 5.66. The monoisotopic (exact) mass is 238 g/mol. The molecule has 17 heavy (non-hydrogen) atoms. The van der Waals surface area contributed by atoms with Gasteiger partial charge in [0.05, 0.1) is 12.0 Å². The van der Waals surface area contributed by atoms with Gasteiger partial charge >= 0.3 is 11.7 Å². The Hall–Kier alpha value is -1.65. The molecule has 5 nitrogen and oxygen atoms in total. The van der Waals surface area contributed by atoms with Gasteiger partial charge in [-0.1, -0.05) is 6.92 Å². The van der Waals surface area contributed by atoms with Gasteiger partial charge < -0.3 is 4.74 Å². The Morgan fingerprint density at radius 3 is 2.82 bits per heavy atom. The van der Waals surface area contributed by atoms with Gasteiger partial charge in [-0.2, -0.15) is 0 Å². The minimum Gasteiger partial charge on any atom is -0.463 e. The Morgan fingerprint density at radius 2 is 2.24 bits per heavy atom. The van der Waals surface area contributed by atoms with Crippen LogP contribution in [0.25, 0.3) is 0 Å². The molecule has 94 valence electrons. The van der Waals surface area contributed by atoms with Crippen molar-refractivity contribution < 1.29 is 9.53 Å². The van der Waals surface area contributed by atoms with Crippen molar-refractivity contribution in [2.24, 2.45) is 5.41 Å². The van der Waals surface area contributed by atoms with Crippen molar-refractivity contribution in [3.05, 3.63) is 28.9 Å². The molecule has 0 saturated heterocycles. The van der Waals surface area contributed by atoms with E-state index in [0.29, 0.717) is 6.54 Å². The van der Waals surface area contributed by atoms with Crippen LogP contribution >= 0.6 is 0 Å². The average Bonchev–Trinajstić information content (AvgIpc) is 2.31. The summed E-state index contributed by atoms with van der Waals surface area (Å²) in [4.78, 5) is 26.5. The number of carbonyl (C=O) groups excluding carboxylic acids is 1. The zero-order chi connectivity index (χ0) is 12.9. The Bertz CT molecular complexity index is 437. The SMILES string of the molecule is CCC(C)(C)C(=O)OCCn1cccnc1=O. The first kappa shape index (κ1) is 13.4. The first-order chi connectivity index (χ1) is 7.97. The predicted octanol–water partition coefficient (Wildman–Crippen LogP) is 1.22. The van der Waals surface area contributed by atoms with E-state index in [9.17, 15) is 9.59 Å². The molecule has 0 unspecified atom stereocenters. The fourth-order valence-corrected chi connectivity index (χ4v) is 1.13. The molecule has 1 heterocycles. The van der Waals surface area contributed by atoms with E-state index in [-0.39, 0.29) is 18.3 Å². The van der Waals surface area contributed by atoms with Gasteiger partial charge in [0.25, 0.3) is 0 Å². The number of aromatic nitrogens is 2. The Morgan fingerprint density at radius 1 is 1.53 bits per heavy atom. The van der Waals surface area contributed by atoms with Gasteiger partial charge in [0.1, 0.15) is 6.61 Å². The molecule has 1 rings (SSSR count). The quantitative estimate of drug-likeness (QED) is 0.724. The third-order valence-electron chi connectivity index (χ3n) is 2.78. The van der Waals surface area contributed by atoms with Crippen molar-refractivity contribution in [3.8, 4) is 0 Å². The fourth-order valence-electron chi connectivity index (χ4n) is 1.13. The van der Waals surface area contributed by atoms with E-state index in [2.05, 4.69) is 4.98 Å². The maximum Gasteiger partial charge on any atom is 0.347 e. The average molecular weight is 238 g/mol. The Kier molecular flexibility index (Phi) is 4.43. The van der Waals surface area contributed by atoms with E-state index in [1.54, 1.807) is 12.3 Å². The summed E-state index contributed by atoms with van der Waals surface area (Å²) in [5.41, 5.74) is -0.807. The minimum absolute atomic E-state index is 0.188. The zero-order valence-electron chi connectivity index (χ0n) is 10.5. The van der Waals surface area contributed by atoms with Crippen LogP contribution in [-0.2, 0) is 16.1 Å². The van der Waals surface area contributed by atoms with Crippen molar-refractivity contribution >= 4 is 5.97 Å². The molecule has 0 fully saturated rings. The van der Waals surface area contributed by atoms with Gasteiger partial charge in [0, 0.05) is 12.4 Å². The van der Waals surface area contributed by atoms with Crippen molar-refractivity contribution in [1.82, 2.24) is 9.55 Å². The highest BCUT2D eigenvalue weighted by atomic mass is 16.5. The van der Waals surface area contributed by atoms with Crippen LogP contribution in [0.2, 0.25) is 0 Å². The normalized spacial score (nSPS) is 11.2. The lowest BCUT2D eigenvalue weighted by atomic mass is 9.91. The second-order valence-corrected chi connectivity index (χ2v) is 4.47. The van der Waals surface area contributed by atoms with Crippen LogP contribution in [0.3, 0.4) is 0 Å². The lowest BCUT2D eigenvalue weighted by Gasteiger charge is -2.20. The van der Waals surface area contributed by atoms with E-state index in [1.165, 1.54) is 10.8 Å². The summed E-state index contributed by atoms with van der Waals surface area (Å²) in [6.45, 7) is 6.14. The summed E-state index contributed by atoms with van der Waals surface area (Å²) in [6, 6.07) is 1.67.